The Morgan fingerprint density at radius 1 is 0.943 bits per heavy atom. The summed E-state index contributed by atoms with van der Waals surface area (Å²) in [5.74, 6) is 3.26. The maximum atomic E-state index is 13.6. The molecule has 2 N–H and O–H groups in total. The first-order valence-electron chi connectivity index (χ1n) is 18.8. The van der Waals surface area contributed by atoms with Gasteiger partial charge in [0.05, 0.1) is 16.8 Å². The molecule has 1 aromatic heterocycles. The second-order valence-electron chi connectivity index (χ2n) is 15.3. The minimum absolute atomic E-state index is 0.210. The number of nitrogens with two attached hydrogens (primary N) is 1. The molecule has 4 aromatic rings. The molecule has 3 aromatic carbocycles. The highest BCUT2D eigenvalue weighted by molar-refractivity contribution is 6.08. The van der Waals surface area contributed by atoms with Gasteiger partial charge in [-0.1, -0.05) is 80.5 Å². The van der Waals surface area contributed by atoms with E-state index in [2.05, 4.69) is 154 Å². The minimum atomic E-state index is -0.385. The summed E-state index contributed by atoms with van der Waals surface area (Å²) in [4.78, 5) is 20.0. The standard InChI is InChI=1S/C47H49N5O/c1-9-37-42(35-21-14-12-17-31(35)4)46(5,6)39(50(37)10-2)27-24-33-19-16-20-34(44(33)52-30-29-41(48)49-45(52)53)25-28-40-47(7,8)43-36-22-15-13-18-32(36)23-26-38(43)51(40)11-3/h1,12-15,17-18,21-30H,10-11,16,19-20H2,2-8H3,(H-,48,49,53)/p+1. The van der Waals surface area contributed by atoms with Crippen molar-refractivity contribution >= 4 is 39.3 Å². The number of allylic oxidation sites excluding steroid dienone is 9. The van der Waals surface area contributed by atoms with E-state index in [9.17, 15) is 4.79 Å². The van der Waals surface area contributed by atoms with Crippen LogP contribution in [0.3, 0.4) is 0 Å². The molecule has 0 saturated carbocycles. The van der Waals surface area contributed by atoms with Gasteiger partial charge in [0.1, 0.15) is 12.4 Å². The number of rotatable bonds is 7. The van der Waals surface area contributed by atoms with Crippen molar-refractivity contribution in [3.05, 3.63) is 147 Å². The molecule has 0 unspecified atom stereocenters. The zero-order valence-corrected chi connectivity index (χ0v) is 32.1. The molecule has 3 aliphatic rings. The van der Waals surface area contributed by atoms with Crippen molar-refractivity contribution in [1.82, 2.24) is 14.5 Å². The Morgan fingerprint density at radius 3 is 2.42 bits per heavy atom. The van der Waals surface area contributed by atoms with Crippen LogP contribution in [0, 0.1) is 24.7 Å². The molecule has 6 heteroatoms. The van der Waals surface area contributed by atoms with E-state index in [1.807, 2.05) is 0 Å². The van der Waals surface area contributed by atoms with E-state index in [0.29, 0.717) is 0 Å². The molecule has 2 aliphatic heterocycles. The molecule has 0 saturated heterocycles. The third-order valence-corrected chi connectivity index (χ3v) is 11.5. The van der Waals surface area contributed by atoms with Gasteiger partial charge in [0.25, 0.3) is 0 Å². The van der Waals surface area contributed by atoms with Crippen molar-refractivity contribution in [3.8, 4) is 12.3 Å². The van der Waals surface area contributed by atoms with E-state index < -0.39 is 0 Å². The molecule has 3 heterocycles. The van der Waals surface area contributed by atoms with Crippen molar-refractivity contribution in [3.63, 3.8) is 0 Å². The zero-order chi connectivity index (χ0) is 37.7. The van der Waals surface area contributed by atoms with Gasteiger partial charge in [0.2, 0.25) is 5.69 Å². The fraction of sp³-hybridized carbons (Fsp3) is 0.298. The molecule has 7 rings (SSSR count). The van der Waals surface area contributed by atoms with Gasteiger partial charge >= 0.3 is 5.69 Å². The molecule has 6 nitrogen and oxygen atoms in total. The van der Waals surface area contributed by atoms with Gasteiger partial charge in [-0.3, -0.25) is 4.57 Å². The molecule has 0 spiro atoms. The number of hydrogen-bond acceptors (Lipinski definition) is 4. The zero-order valence-electron chi connectivity index (χ0n) is 32.1. The van der Waals surface area contributed by atoms with Crippen LogP contribution in [0.15, 0.2) is 125 Å². The van der Waals surface area contributed by atoms with Crippen LogP contribution in [0.1, 0.15) is 77.5 Å². The summed E-state index contributed by atoms with van der Waals surface area (Å²) in [6, 6.07) is 23.3. The second kappa shape index (κ2) is 13.7. The van der Waals surface area contributed by atoms with Crippen LogP contribution in [0.2, 0.25) is 0 Å². The number of aromatic nitrogens is 2. The lowest BCUT2D eigenvalue weighted by Crippen LogP contribution is -2.28. The van der Waals surface area contributed by atoms with Crippen molar-refractivity contribution < 1.29 is 4.58 Å². The van der Waals surface area contributed by atoms with Crippen molar-refractivity contribution in [2.45, 2.75) is 73.1 Å². The molecule has 0 amide bonds. The van der Waals surface area contributed by atoms with E-state index in [-0.39, 0.29) is 22.3 Å². The molecule has 0 radical (unpaired) electrons. The van der Waals surface area contributed by atoms with E-state index >= 15 is 0 Å². The van der Waals surface area contributed by atoms with Crippen LogP contribution >= 0.6 is 0 Å². The maximum absolute atomic E-state index is 13.6. The van der Waals surface area contributed by atoms with Gasteiger partial charge in [-0.25, -0.2) is 4.79 Å². The van der Waals surface area contributed by atoms with E-state index in [1.54, 1.807) is 16.8 Å². The number of anilines is 1. The molecular formula is C47H50N5O+. The molecule has 0 fully saturated rings. The van der Waals surface area contributed by atoms with E-state index in [4.69, 9.17) is 12.2 Å². The van der Waals surface area contributed by atoms with Gasteiger partial charge in [0.15, 0.2) is 5.71 Å². The highest BCUT2D eigenvalue weighted by Crippen LogP contribution is 2.52. The van der Waals surface area contributed by atoms with Gasteiger partial charge in [-0.2, -0.15) is 9.56 Å². The molecule has 53 heavy (non-hydrogen) atoms. The summed E-state index contributed by atoms with van der Waals surface area (Å²) in [5.41, 5.74) is 17.5. The normalized spacial score (nSPS) is 19.7. The molecule has 0 atom stereocenters. The first-order chi connectivity index (χ1) is 25.4. The topological polar surface area (TPSA) is 67.2 Å². The predicted molar refractivity (Wildman–Crippen MR) is 221 cm³/mol. The van der Waals surface area contributed by atoms with E-state index in [1.165, 1.54) is 38.9 Å². The third-order valence-electron chi connectivity index (χ3n) is 11.5. The number of nitrogens with zero attached hydrogens (tertiary/aromatic N) is 4. The number of aryl methyl sites for hydroxylation is 1. The van der Waals surface area contributed by atoms with Gasteiger partial charge in [0, 0.05) is 47.1 Å². The van der Waals surface area contributed by atoms with Crippen LogP contribution < -0.4 is 11.4 Å². The van der Waals surface area contributed by atoms with Crippen LogP contribution in [-0.2, 0) is 5.41 Å². The SMILES string of the molecule is C#CC1=C(c2ccccc2C)C(C)(C)/C(=C\C=C2/CCCC(/C=C/C3=[N+](CC)c4ccc5ccccc5c4C3(C)C)=C2n2ccc(N)nc2=O)N1CC. The predicted octanol–water partition coefficient (Wildman–Crippen LogP) is 9.55. The van der Waals surface area contributed by atoms with Crippen LogP contribution in [0.4, 0.5) is 11.5 Å². The van der Waals surface area contributed by atoms with Crippen molar-refractivity contribution in [1.29, 1.82) is 0 Å². The van der Waals surface area contributed by atoms with Gasteiger partial charge in [-0.15, -0.1) is 6.42 Å². The molecule has 268 valence electrons. The van der Waals surface area contributed by atoms with E-state index in [0.717, 1.165) is 66.2 Å². The summed E-state index contributed by atoms with van der Waals surface area (Å²) < 4.78 is 4.11. The molecule has 0 bridgehead atoms. The van der Waals surface area contributed by atoms with Gasteiger partial charge < -0.3 is 10.6 Å². The summed E-state index contributed by atoms with van der Waals surface area (Å²) in [7, 11) is 0. The fourth-order valence-electron chi connectivity index (χ4n) is 8.98. The minimum Gasteiger partial charge on any atom is -0.383 e. The Kier molecular flexibility index (Phi) is 9.24. The first-order valence-corrected chi connectivity index (χ1v) is 18.8. The number of terminal acetylenes is 1. The highest BCUT2D eigenvalue weighted by Gasteiger charge is 2.45. The molecular weight excluding hydrogens is 651 g/mol. The Morgan fingerprint density at radius 2 is 1.70 bits per heavy atom. The number of fused-ring (bicyclic) bond motifs is 3. The number of hydrogen-bond donors (Lipinski definition) is 1. The average molecular weight is 701 g/mol. The average Bonchev–Trinajstić information content (AvgIpc) is 3.50. The monoisotopic (exact) mass is 700 g/mol. The van der Waals surface area contributed by atoms with Crippen molar-refractivity contribution in [2.24, 2.45) is 5.41 Å². The van der Waals surface area contributed by atoms with Crippen LogP contribution in [0.25, 0.3) is 22.0 Å². The Hall–Kier alpha value is -5.67. The highest BCUT2D eigenvalue weighted by atomic mass is 16.1. The third kappa shape index (κ3) is 5.89. The number of benzene rings is 3. The van der Waals surface area contributed by atoms with Crippen LogP contribution in [0.5, 0.6) is 0 Å². The number of nitrogen functional groups attached to an aromatic ring is 1. The quantitative estimate of drug-likeness (QED) is 0.154. The fourth-order valence-corrected chi connectivity index (χ4v) is 8.98. The summed E-state index contributed by atoms with van der Waals surface area (Å²) >= 11 is 0. The first kappa shape index (κ1) is 35.7. The Labute approximate surface area is 314 Å². The van der Waals surface area contributed by atoms with Gasteiger partial charge in [-0.05, 0) is 105 Å². The lowest BCUT2D eigenvalue weighted by molar-refractivity contribution is -0.433. The smallest absolute Gasteiger partial charge is 0.354 e. The largest absolute Gasteiger partial charge is 0.383 e. The maximum Gasteiger partial charge on any atom is 0.354 e. The van der Waals surface area contributed by atoms with Crippen LogP contribution in [-0.4, -0.2) is 37.8 Å². The lowest BCUT2D eigenvalue weighted by atomic mass is 9.77. The summed E-state index contributed by atoms with van der Waals surface area (Å²) in [6.45, 7) is 17.2. The van der Waals surface area contributed by atoms with Crippen molar-refractivity contribution in [2.75, 3.05) is 18.8 Å². The lowest BCUT2D eigenvalue weighted by Gasteiger charge is -2.29. The second-order valence-corrected chi connectivity index (χ2v) is 15.3. The summed E-state index contributed by atoms with van der Waals surface area (Å²) in [5, 5.41) is 2.54. The Bertz CT molecular complexity index is 2450. The summed E-state index contributed by atoms with van der Waals surface area (Å²) in [6.07, 6.45) is 19.6. The molecule has 1 aliphatic carbocycles. The Balaban J connectivity index is 1.37.